The second-order valence-electron chi connectivity index (χ2n) is 4.53. The minimum atomic E-state index is -0.399. The molecule has 0 bridgehead atoms. The van der Waals surface area contributed by atoms with Crippen molar-refractivity contribution in [1.29, 1.82) is 0 Å². The van der Waals surface area contributed by atoms with E-state index < -0.39 is 6.10 Å². The van der Waals surface area contributed by atoms with Gasteiger partial charge in [-0.3, -0.25) is 4.79 Å². The molecule has 0 aliphatic carbocycles. The average Bonchev–Trinajstić information content (AvgIpc) is 2.48. The van der Waals surface area contributed by atoms with E-state index in [2.05, 4.69) is 5.32 Å². The van der Waals surface area contributed by atoms with E-state index in [1.165, 1.54) is 7.11 Å². The number of hydrogen-bond donors (Lipinski definition) is 2. The summed E-state index contributed by atoms with van der Waals surface area (Å²) < 4.78 is 10.6. The van der Waals surface area contributed by atoms with Gasteiger partial charge in [0.05, 0.1) is 24.8 Å². The molecule has 21 heavy (non-hydrogen) atoms. The minimum absolute atomic E-state index is 0.262. The maximum Gasteiger partial charge on any atom is 0.251 e. The normalized spacial score (nSPS) is 11.9. The van der Waals surface area contributed by atoms with Crippen molar-refractivity contribution in [2.24, 2.45) is 0 Å². The van der Waals surface area contributed by atoms with Crippen molar-refractivity contribution < 1.29 is 19.4 Å². The Kier molecular flexibility index (Phi) is 7.32. The number of benzene rings is 1. The Hall–Kier alpha value is -1.46. The van der Waals surface area contributed by atoms with Crippen LogP contribution in [0.4, 0.5) is 0 Å². The van der Waals surface area contributed by atoms with E-state index in [0.29, 0.717) is 48.1 Å². The molecule has 0 saturated heterocycles. The third-order valence-electron chi connectivity index (χ3n) is 3.01. The van der Waals surface area contributed by atoms with Crippen LogP contribution in [0.5, 0.6) is 11.5 Å². The number of rotatable bonds is 8. The number of methoxy groups -OCH3 is 1. The second-order valence-corrected chi connectivity index (χ2v) is 4.94. The van der Waals surface area contributed by atoms with Gasteiger partial charge in [0, 0.05) is 12.1 Å². The van der Waals surface area contributed by atoms with E-state index >= 15 is 0 Å². The first-order valence-electron chi connectivity index (χ1n) is 7.00. The van der Waals surface area contributed by atoms with Gasteiger partial charge in [0.1, 0.15) is 0 Å². The van der Waals surface area contributed by atoms with E-state index in [1.54, 1.807) is 12.1 Å². The Morgan fingerprint density at radius 2 is 2.14 bits per heavy atom. The molecule has 118 valence electrons. The van der Waals surface area contributed by atoms with Gasteiger partial charge < -0.3 is 19.9 Å². The van der Waals surface area contributed by atoms with Gasteiger partial charge in [-0.2, -0.15) is 0 Å². The molecule has 0 spiro atoms. The van der Waals surface area contributed by atoms with Crippen LogP contribution in [0.2, 0.25) is 5.02 Å². The fraction of sp³-hybridized carbons (Fsp3) is 0.533. The summed E-state index contributed by atoms with van der Waals surface area (Å²) in [5.41, 5.74) is 0.395. The van der Waals surface area contributed by atoms with Crippen LogP contribution in [0.3, 0.4) is 0 Å². The molecule has 0 heterocycles. The predicted octanol–water partition coefficient (Wildman–Crippen LogP) is 2.64. The van der Waals surface area contributed by atoms with Gasteiger partial charge in [-0.15, -0.1) is 0 Å². The highest BCUT2D eigenvalue weighted by molar-refractivity contribution is 6.32. The monoisotopic (exact) mass is 315 g/mol. The number of hydrogen-bond acceptors (Lipinski definition) is 4. The van der Waals surface area contributed by atoms with Crippen molar-refractivity contribution in [2.75, 3.05) is 20.3 Å². The van der Waals surface area contributed by atoms with Gasteiger partial charge in [0.2, 0.25) is 0 Å². The molecule has 0 unspecified atom stereocenters. The number of ether oxygens (including phenoxy) is 2. The molecule has 1 rings (SSSR count). The van der Waals surface area contributed by atoms with Crippen molar-refractivity contribution in [2.45, 2.75) is 32.8 Å². The van der Waals surface area contributed by atoms with E-state index in [4.69, 9.17) is 21.1 Å². The Morgan fingerprint density at radius 1 is 1.43 bits per heavy atom. The molecule has 2 N–H and O–H groups in total. The Morgan fingerprint density at radius 3 is 2.71 bits per heavy atom. The number of aliphatic hydroxyl groups is 1. The third-order valence-corrected chi connectivity index (χ3v) is 3.30. The third kappa shape index (κ3) is 5.10. The average molecular weight is 316 g/mol. The standard InChI is InChI=1S/C15H22ClNO4/c1-4-11(18)6-7-17-15(19)10-8-12(16)14(21-5-2)13(9-10)20-3/h8-9,11,18H,4-7H2,1-3H3,(H,17,19)/t11-/m0/s1. The van der Waals surface area contributed by atoms with E-state index in [9.17, 15) is 9.90 Å². The van der Waals surface area contributed by atoms with Crippen LogP contribution in [-0.2, 0) is 0 Å². The van der Waals surface area contributed by atoms with E-state index in [1.807, 2.05) is 13.8 Å². The van der Waals surface area contributed by atoms with Gasteiger partial charge in [-0.05, 0) is 31.9 Å². The largest absolute Gasteiger partial charge is 0.493 e. The highest BCUT2D eigenvalue weighted by Crippen LogP contribution is 2.36. The Bertz CT molecular complexity index is 479. The smallest absolute Gasteiger partial charge is 0.251 e. The van der Waals surface area contributed by atoms with Crippen molar-refractivity contribution in [3.63, 3.8) is 0 Å². The first kappa shape index (κ1) is 17.6. The van der Waals surface area contributed by atoms with Crippen LogP contribution in [0.15, 0.2) is 12.1 Å². The van der Waals surface area contributed by atoms with Crippen LogP contribution in [0.1, 0.15) is 37.0 Å². The summed E-state index contributed by atoms with van der Waals surface area (Å²) in [6.45, 7) is 4.59. The Labute approximate surface area is 130 Å². The molecule has 1 aromatic carbocycles. The summed E-state index contributed by atoms with van der Waals surface area (Å²) in [4.78, 5) is 12.1. The molecule has 0 aliphatic heterocycles. The quantitative estimate of drug-likeness (QED) is 0.774. The predicted molar refractivity (Wildman–Crippen MR) is 82.4 cm³/mol. The van der Waals surface area contributed by atoms with E-state index in [-0.39, 0.29) is 5.91 Å². The van der Waals surface area contributed by atoms with Gasteiger partial charge in [0.25, 0.3) is 5.91 Å². The SMILES string of the molecule is CCOc1c(Cl)cc(C(=O)NCC[C@@H](O)CC)cc1OC. The molecule has 0 saturated carbocycles. The fourth-order valence-corrected chi connectivity index (χ4v) is 2.06. The highest BCUT2D eigenvalue weighted by atomic mass is 35.5. The molecule has 0 aliphatic rings. The summed E-state index contributed by atoms with van der Waals surface area (Å²) in [5, 5.41) is 12.5. The lowest BCUT2D eigenvalue weighted by Crippen LogP contribution is -2.27. The molecule has 1 amide bonds. The van der Waals surface area contributed by atoms with Crippen LogP contribution < -0.4 is 14.8 Å². The van der Waals surface area contributed by atoms with Crippen LogP contribution in [0.25, 0.3) is 0 Å². The summed E-state index contributed by atoms with van der Waals surface area (Å²) >= 11 is 6.12. The molecule has 0 fully saturated rings. The summed E-state index contributed by atoms with van der Waals surface area (Å²) in [6, 6.07) is 3.13. The molecule has 1 aromatic rings. The summed E-state index contributed by atoms with van der Waals surface area (Å²) in [6.07, 6.45) is 0.784. The number of halogens is 1. The van der Waals surface area contributed by atoms with Crippen molar-refractivity contribution in [3.8, 4) is 11.5 Å². The van der Waals surface area contributed by atoms with Crippen molar-refractivity contribution >= 4 is 17.5 Å². The van der Waals surface area contributed by atoms with Gasteiger partial charge in [-0.1, -0.05) is 18.5 Å². The second kappa shape index (κ2) is 8.74. The fourth-order valence-electron chi connectivity index (χ4n) is 1.79. The van der Waals surface area contributed by atoms with Gasteiger partial charge in [-0.25, -0.2) is 0 Å². The molecular weight excluding hydrogens is 294 g/mol. The minimum Gasteiger partial charge on any atom is -0.493 e. The first-order valence-corrected chi connectivity index (χ1v) is 7.37. The number of nitrogens with one attached hydrogen (secondary N) is 1. The first-order chi connectivity index (χ1) is 10.0. The lowest BCUT2D eigenvalue weighted by Gasteiger charge is -2.13. The number of aliphatic hydroxyl groups excluding tert-OH is 1. The lowest BCUT2D eigenvalue weighted by molar-refractivity contribution is 0.0941. The van der Waals surface area contributed by atoms with Gasteiger partial charge in [0.15, 0.2) is 11.5 Å². The topological polar surface area (TPSA) is 67.8 Å². The zero-order valence-electron chi connectivity index (χ0n) is 12.6. The molecule has 1 atom stereocenters. The van der Waals surface area contributed by atoms with Crippen molar-refractivity contribution in [1.82, 2.24) is 5.32 Å². The zero-order chi connectivity index (χ0) is 15.8. The number of carbonyl (C=O) groups is 1. The van der Waals surface area contributed by atoms with Gasteiger partial charge >= 0.3 is 0 Å². The molecule has 6 heteroatoms. The van der Waals surface area contributed by atoms with E-state index in [0.717, 1.165) is 0 Å². The highest BCUT2D eigenvalue weighted by Gasteiger charge is 2.15. The molecular formula is C15H22ClNO4. The summed E-state index contributed by atoms with van der Waals surface area (Å²) in [5.74, 6) is 0.587. The Balaban J connectivity index is 2.78. The maximum atomic E-state index is 12.1. The van der Waals surface area contributed by atoms with Crippen LogP contribution in [-0.4, -0.2) is 37.4 Å². The van der Waals surface area contributed by atoms with Crippen LogP contribution in [0, 0.1) is 0 Å². The van der Waals surface area contributed by atoms with Crippen LogP contribution >= 0.6 is 11.6 Å². The molecule has 0 aromatic heterocycles. The van der Waals surface area contributed by atoms with Crippen molar-refractivity contribution in [3.05, 3.63) is 22.7 Å². The number of carbonyl (C=O) groups excluding carboxylic acids is 1. The molecule has 5 nitrogen and oxygen atoms in total. The molecule has 0 radical (unpaired) electrons. The number of amides is 1. The zero-order valence-corrected chi connectivity index (χ0v) is 13.4. The lowest BCUT2D eigenvalue weighted by atomic mass is 10.1. The maximum absolute atomic E-state index is 12.1. The summed E-state index contributed by atoms with van der Waals surface area (Å²) in [7, 11) is 1.49.